The Morgan fingerprint density at radius 1 is 1.21 bits per heavy atom. The van der Waals surface area contributed by atoms with E-state index in [2.05, 4.69) is 4.72 Å². The average Bonchev–Trinajstić information content (AvgIpc) is 2.51. The number of hydrogen-bond donors (Lipinski definition) is 1. The van der Waals surface area contributed by atoms with Crippen molar-refractivity contribution in [3.63, 3.8) is 0 Å². The summed E-state index contributed by atoms with van der Waals surface area (Å²) >= 11 is 6.01. The van der Waals surface area contributed by atoms with Crippen LogP contribution >= 0.6 is 11.6 Å². The molecule has 24 heavy (non-hydrogen) atoms. The van der Waals surface area contributed by atoms with Crippen LogP contribution in [0, 0.1) is 24.0 Å². The second-order valence-corrected chi connectivity index (χ2v) is 7.15. The summed E-state index contributed by atoms with van der Waals surface area (Å²) in [5.41, 5.74) is 0.753. The zero-order valence-electron chi connectivity index (χ0n) is 13.2. The third kappa shape index (κ3) is 3.60. The van der Waals surface area contributed by atoms with Gasteiger partial charge in [0, 0.05) is 18.2 Å². The number of nitro benzene ring substituents is 1. The van der Waals surface area contributed by atoms with Gasteiger partial charge >= 0.3 is 0 Å². The number of aryl methyl sites for hydroxylation is 1. The SMILES string of the molecule is COc1ccc(Cl)c(NS(=O)(=O)c2cc([N+](=O)[O-])cc(C)c2C)c1. The highest BCUT2D eigenvalue weighted by Gasteiger charge is 2.23. The summed E-state index contributed by atoms with van der Waals surface area (Å²) in [7, 11) is -2.62. The molecule has 0 radical (unpaired) electrons. The summed E-state index contributed by atoms with van der Waals surface area (Å²) in [6.07, 6.45) is 0. The van der Waals surface area contributed by atoms with Crippen LogP contribution in [0.1, 0.15) is 11.1 Å². The van der Waals surface area contributed by atoms with Crippen molar-refractivity contribution in [3.8, 4) is 5.75 Å². The molecule has 1 N–H and O–H groups in total. The molecule has 0 aliphatic carbocycles. The lowest BCUT2D eigenvalue weighted by atomic mass is 10.1. The molecule has 2 aromatic carbocycles. The predicted molar refractivity (Wildman–Crippen MR) is 91.4 cm³/mol. The Bertz CT molecular complexity index is 912. The Balaban J connectivity index is 2.54. The fraction of sp³-hybridized carbons (Fsp3) is 0.200. The van der Waals surface area contributed by atoms with Crippen molar-refractivity contribution in [1.29, 1.82) is 0 Å². The minimum atomic E-state index is -4.06. The van der Waals surface area contributed by atoms with E-state index in [1.807, 2.05) is 0 Å². The van der Waals surface area contributed by atoms with E-state index in [4.69, 9.17) is 16.3 Å². The van der Waals surface area contributed by atoms with E-state index in [-0.39, 0.29) is 21.3 Å². The van der Waals surface area contributed by atoms with Crippen molar-refractivity contribution >= 4 is 33.0 Å². The molecular formula is C15H15ClN2O5S. The van der Waals surface area contributed by atoms with Crippen molar-refractivity contribution in [2.24, 2.45) is 0 Å². The zero-order valence-corrected chi connectivity index (χ0v) is 14.7. The molecule has 0 atom stereocenters. The number of halogens is 1. The smallest absolute Gasteiger partial charge is 0.271 e. The fourth-order valence-electron chi connectivity index (χ4n) is 2.10. The maximum atomic E-state index is 12.7. The summed E-state index contributed by atoms with van der Waals surface area (Å²) in [5, 5.41) is 11.2. The first-order valence-corrected chi connectivity index (χ1v) is 8.64. The van der Waals surface area contributed by atoms with Crippen molar-refractivity contribution in [2.45, 2.75) is 18.7 Å². The molecule has 0 spiro atoms. The van der Waals surface area contributed by atoms with Crippen LogP contribution in [0.2, 0.25) is 5.02 Å². The van der Waals surface area contributed by atoms with Gasteiger partial charge in [-0.3, -0.25) is 14.8 Å². The molecule has 7 nitrogen and oxygen atoms in total. The molecule has 0 unspecified atom stereocenters. The normalized spacial score (nSPS) is 11.2. The third-order valence-corrected chi connectivity index (χ3v) is 5.34. The van der Waals surface area contributed by atoms with E-state index in [1.165, 1.54) is 25.3 Å². The summed E-state index contributed by atoms with van der Waals surface area (Å²) in [6, 6.07) is 6.86. The van der Waals surface area contributed by atoms with Crippen molar-refractivity contribution in [1.82, 2.24) is 0 Å². The molecule has 2 aromatic rings. The van der Waals surface area contributed by atoms with Crippen molar-refractivity contribution in [3.05, 3.63) is 56.6 Å². The van der Waals surface area contributed by atoms with Crippen LogP contribution in [0.25, 0.3) is 0 Å². The number of anilines is 1. The largest absolute Gasteiger partial charge is 0.497 e. The Labute approximate surface area is 144 Å². The number of rotatable bonds is 5. The Kier molecular flexibility index (Phi) is 5.00. The van der Waals surface area contributed by atoms with E-state index < -0.39 is 14.9 Å². The molecule has 0 bridgehead atoms. The van der Waals surface area contributed by atoms with Crippen LogP contribution in [0.15, 0.2) is 35.2 Å². The number of methoxy groups -OCH3 is 1. The maximum Gasteiger partial charge on any atom is 0.271 e. The second kappa shape index (κ2) is 6.66. The van der Waals surface area contributed by atoms with Crippen LogP contribution in [0.3, 0.4) is 0 Å². The van der Waals surface area contributed by atoms with Crippen molar-refractivity contribution in [2.75, 3.05) is 11.8 Å². The van der Waals surface area contributed by atoms with E-state index in [0.717, 1.165) is 6.07 Å². The first kappa shape index (κ1) is 18.0. The van der Waals surface area contributed by atoms with Gasteiger partial charge < -0.3 is 4.74 Å². The number of nitro groups is 1. The highest BCUT2D eigenvalue weighted by Crippen LogP contribution is 2.31. The Morgan fingerprint density at radius 3 is 2.46 bits per heavy atom. The highest BCUT2D eigenvalue weighted by atomic mass is 35.5. The number of benzene rings is 2. The summed E-state index contributed by atoms with van der Waals surface area (Å²) in [6.45, 7) is 3.20. The second-order valence-electron chi connectivity index (χ2n) is 5.09. The van der Waals surface area contributed by atoms with Gasteiger partial charge in [-0.2, -0.15) is 0 Å². The van der Waals surface area contributed by atoms with Gasteiger partial charge in [0.2, 0.25) is 0 Å². The van der Waals surface area contributed by atoms with Gasteiger partial charge in [0.05, 0.1) is 27.6 Å². The van der Waals surface area contributed by atoms with Crippen LogP contribution in [0.5, 0.6) is 5.75 Å². The minimum absolute atomic E-state index is 0.125. The number of non-ortho nitro benzene ring substituents is 1. The fourth-order valence-corrected chi connectivity index (χ4v) is 3.73. The molecule has 0 amide bonds. The molecule has 2 rings (SSSR count). The molecule has 9 heteroatoms. The van der Waals surface area contributed by atoms with Gasteiger partial charge in [-0.1, -0.05) is 11.6 Å². The maximum absolute atomic E-state index is 12.7. The Hall–Kier alpha value is -2.32. The number of hydrogen-bond acceptors (Lipinski definition) is 5. The third-order valence-electron chi connectivity index (χ3n) is 3.52. The first-order valence-electron chi connectivity index (χ1n) is 6.77. The van der Waals surface area contributed by atoms with Crippen LogP contribution < -0.4 is 9.46 Å². The average molecular weight is 371 g/mol. The topological polar surface area (TPSA) is 98.5 Å². The first-order chi connectivity index (χ1) is 11.2. The van der Waals surface area contributed by atoms with Crippen LogP contribution in [-0.2, 0) is 10.0 Å². The van der Waals surface area contributed by atoms with Gasteiger partial charge in [0.15, 0.2) is 0 Å². The number of ether oxygens (including phenoxy) is 1. The lowest BCUT2D eigenvalue weighted by molar-refractivity contribution is -0.385. The molecule has 0 saturated heterocycles. The summed E-state index contributed by atoms with van der Waals surface area (Å²) in [4.78, 5) is 10.2. The quantitative estimate of drug-likeness (QED) is 0.639. The molecular weight excluding hydrogens is 356 g/mol. The standard InChI is InChI=1S/C15H15ClN2O5S/c1-9-6-11(18(19)20)7-15(10(9)2)24(21,22)17-14-8-12(23-3)4-5-13(14)16/h4-8,17H,1-3H3. The van der Waals surface area contributed by atoms with E-state index in [0.29, 0.717) is 16.9 Å². The van der Waals surface area contributed by atoms with Crippen molar-refractivity contribution < 1.29 is 18.1 Å². The van der Waals surface area contributed by atoms with Gasteiger partial charge in [-0.25, -0.2) is 8.42 Å². The minimum Gasteiger partial charge on any atom is -0.497 e. The zero-order chi connectivity index (χ0) is 18.1. The van der Waals surface area contributed by atoms with E-state index in [1.54, 1.807) is 19.9 Å². The van der Waals surface area contributed by atoms with E-state index in [9.17, 15) is 18.5 Å². The molecule has 0 saturated carbocycles. The van der Waals surface area contributed by atoms with Gasteiger partial charge in [-0.05, 0) is 37.1 Å². The molecule has 0 aliphatic rings. The summed E-state index contributed by atoms with van der Waals surface area (Å²) in [5.74, 6) is 0.420. The predicted octanol–water partition coefficient (Wildman–Crippen LogP) is 3.67. The number of nitrogens with zero attached hydrogens (tertiary/aromatic N) is 1. The highest BCUT2D eigenvalue weighted by molar-refractivity contribution is 7.92. The molecule has 0 aromatic heterocycles. The van der Waals surface area contributed by atoms with Gasteiger partial charge in [-0.15, -0.1) is 0 Å². The summed E-state index contributed by atoms with van der Waals surface area (Å²) < 4.78 is 32.7. The van der Waals surface area contributed by atoms with Gasteiger partial charge in [0.1, 0.15) is 5.75 Å². The molecule has 128 valence electrons. The lowest BCUT2D eigenvalue weighted by Gasteiger charge is -2.13. The number of nitrogens with one attached hydrogen (secondary N) is 1. The molecule has 0 fully saturated rings. The van der Waals surface area contributed by atoms with E-state index >= 15 is 0 Å². The Morgan fingerprint density at radius 2 is 1.88 bits per heavy atom. The number of sulfonamides is 1. The lowest BCUT2D eigenvalue weighted by Crippen LogP contribution is -2.15. The van der Waals surface area contributed by atoms with Gasteiger partial charge in [0.25, 0.3) is 15.7 Å². The van der Waals surface area contributed by atoms with Crippen LogP contribution in [-0.4, -0.2) is 20.5 Å². The molecule has 0 heterocycles. The van der Waals surface area contributed by atoms with Crippen LogP contribution in [0.4, 0.5) is 11.4 Å². The molecule has 0 aliphatic heterocycles. The monoisotopic (exact) mass is 370 g/mol.